The largest absolute Gasteiger partial charge is 0.427 e. The molecule has 2 heterocycles. The molecule has 1 saturated heterocycles. The maximum absolute atomic E-state index is 12.8. The van der Waals surface area contributed by atoms with Crippen molar-refractivity contribution in [3.63, 3.8) is 0 Å². The van der Waals surface area contributed by atoms with Gasteiger partial charge in [0.25, 0.3) is 0 Å². The molecule has 0 aliphatic carbocycles. The average Bonchev–Trinajstić information content (AvgIpc) is 3.29. The molecule has 2 aliphatic heterocycles. The SMILES string of the molecule is O=C(NC(c1ccccc1)c1ccccc1)ON1CCC2(C=C(c3ccccc3)NO2)CC1. The highest BCUT2D eigenvalue weighted by Crippen LogP contribution is 2.34. The summed E-state index contributed by atoms with van der Waals surface area (Å²) in [5, 5.41) is 4.74. The maximum atomic E-state index is 12.8. The highest BCUT2D eigenvalue weighted by atomic mass is 16.7. The smallest absolute Gasteiger partial charge is 0.351 e. The van der Waals surface area contributed by atoms with E-state index in [0.717, 1.165) is 35.2 Å². The predicted octanol–water partition coefficient (Wildman–Crippen LogP) is 4.83. The Kier molecular flexibility index (Phi) is 6.11. The molecule has 0 aromatic heterocycles. The summed E-state index contributed by atoms with van der Waals surface area (Å²) in [6.45, 7) is 1.18. The molecule has 0 bridgehead atoms. The Morgan fingerprint density at radius 1 is 0.879 bits per heavy atom. The van der Waals surface area contributed by atoms with E-state index in [-0.39, 0.29) is 11.6 Å². The minimum absolute atomic E-state index is 0.283. The minimum Gasteiger partial charge on any atom is -0.351 e. The molecule has 0 radical (unpaired) electrons. The van der Waals surface area contributed by atoms with Crippen molar-refractivity contribution in [3.05, 3.63) is 114 Å². The molecule has 168 valence electrons. The van der Waals surface area contributed by atoms with Crippen LogP contribution in [0.5, 0.6) is 0 Å². The second-order valence-corrected chi connectivity index (χ2v) is 8.40. The van der Waals surface area contributed by atoms with Gasteiger partial charge in [-0.25, -0.2) is 4.79 Å². The van der Waals surface area contributed by atoms with E-state index in [2.05, 4.69) is 29.0 Å². The summed E-state index contributed by atoms with van der Waals surface area (Å²) in [5.74, 6) is 0. The average molecular weight is 442 g/mol. The number of nitrogens with one attached hydrogen (secondary N) is 2. The summed E-state index contributed by atoms with van der Waals surface area (Å²) in [6, 6.07) is 29.7. The lowest BCUT2D eigenvalue weighted by Crippen LogP contribution is -2.46. The first kappa shape index (κ1) is 21.2. The summed E-state index contributed by atoms with van der Waals surface area (Å²) in [5.41, 5.74) is 6.78. The number of hydrogen-bond acceptors (Lipinski definition) is 5. The molecule has 2 N–H and O–H groups in total. The van der Waals surface area contributed by atoms with Gasteiger partial charge in [0, 0.05) is 13.1 Å². The normalized spacial score (nSPS) is 17.4. The van der Waals surface area contributed by atoms with Crippen LogP contribution in [0.2, 0.25) is 0 Å². The van der Waals surface area contributed by atoms with Crippen molar-refractivity contribution in [3.8, 4) is 0 Å². The zero-order chi connectivity index (χ0) is 22.5. The summed E-state index contributed by atoms with van der Waals surface area (Å²) >= 11 is 0. The number of amides is 1. The van der Waals surface area contributed by atoms with Gasteiger partial charge < -0.3 is 10.2 Å². The van der Waals surface area contributed by atoms with Crippen LogP contribution in [0.25, 0.3) is 5.70 Å². The third-order valence-corrected chi connectivity index (χ3v) is 6.17. The molecule has 0 atom stereocenters. The Hall–Kier alpha value is -3.61. The van der Waals surface area contributed by atoms with Crippen molar-refractivity contribution < 1.29 is 14.5 Å². The summed E-state index contributed by atoms with van der Waals surface area (Å²) in [6.07, 6.45) is 3.14. The molecule has 0 saturated carbocycles. The fourth-order valence-electron chi connectivity index (χ4n) is 4.35. The van der Waals surface area contributed by atoms with E-state index < -0.39 is 6.09 Å². The monoisotopic (exact) mass is 441 g/mol. The standard InChI is InChI=1S/C27H27N3O3/c31-26(28-25(22-12-6-2-7-13-22)23-14-8-3-9-15-23)32-30-18-16-27(17-19-30)20-24(29-33-27)21-10-4-1-5-11-21/h1-15,20,25,29H,16-19H2,(H,28,31). The fourth-order valence-corrected chi connectivity index (χ4v) is 4.35. The van der Waals surface area contributed by atoms with Crippen molar-refractivity contribution in [2.24, 2.45) is 0 Å². The number of benzene rings is 3. The molecule has 3 aromatic rings. The molecule has 1 fully saturated rings. The van der Waals surface area contributed by atoms with Crippen LogP contribution in [0.1, 0.15) is 35.6 Å². The lowest BCUT2D eigenvalue weighted by Gasteiger charge is -2.35. The van der Waals surface area contributed by atoms with Gasteiger partial charge in [0.1, 0.15) is 5.60 Å². The minimum atomic E-state index is -0.463. The molecule has 33 heavy (non-hydrogen) atoms. The summed E-state index contributed by atoms with van der Waals surface area (Å²) in [7, 11) is 0. The Morgan fingerprint density at radius 3 is 2.00 bits per heavy atom. The van der Waals surface area contributed by atoms with Gasteiger partial charge in [0.05, 0.1) is 11.7 Å². The summed E-state index contributed by atoms with van der Waals surface area (Å²) in [4.78, 5) is 24.4. The van der Waals surface area contributed by atoms with E-state index in [1.165, 1.54) is 0 Å². The number of hydroxylamine groups is 3. The third-order valence-electron chi connectivity index (χ3n) is 6.17. The van der Waals surface area contributed by atoms with Crippen molar-refractivity contribution >= 4 is 11.8 Å². The second-order valence-electron chi connectivity index (χ2n) is 8.40. The Bertz CT molecular complexity index is 1060. The van der Waals surface area contributed by atoms with Crippen molar-refractivity contribution in [2.45, 2.75) is 24.5 Å². The maximum Gasteiger partial charge on any atom is 0.427 e. The number of carbonyl (C=O) groups is 1. The fraction of sp³-hybridized carbons (Fsp3) is 0.222. The zero-order valence-corrected chi connectivity index (χ0v) is 18.3. The number of hydrogen-bond donors (Lipinski definition) is 2. The molecule has 3 aromatic carbocycles. The Balaban J connectivity index is 1.20. The van der Waals surface area contributed by atoms with Gasteiger partial charge in [-0.1, -0.05) is 91.0 Å². The van der Waals surface area contributed by atoms with Gasteiger partial charge in [0.2, 0.25) is 0 Å². The molecule has 6 nitrogen and oxygen atoms in total. The lowest BCUT2D eigenvalue weighted by molar-refractivity contribution is -0.156. The number of nitrogens with zero attached hydrogens (tertiary/aromatic N) is 1. The third kappa shape index (κ3) is 4.92. The van der Waals surface area contributed by atoms with Crippen LogP contribution in [0, 0.1) is 0 Å². The van der Waals surface area contributed by atoms with E-state index in [1.54, 1.807) is 5.06 Å². The van der Waals surface area contributed by atoms with Gasteiger partial charge >= 0.3 is 6.09 Å². The van der Waals surface area contributed by atoms with E-state index in [1.807, 2.05) is 78.9 Å². The van der Waals surface area contributed by atoms with E-state index in [4.69, 9.17) is 9.68 Å². The van der Waals surface area contributed by atoms with Crippen LogP contribution in [0.15, 0.2) is 97.1 Å². The first-order valence-corrected chi connectivity index (χ1v) is 11.3. The van der Waals surface area contributed by atoms with Gasteiger partial charge in [-0.05, 0) is 35.6 Å². The molecular weight excluding hydrogens is 414 g/mol. The van der Waals surface area contributed by atoms with Crippen molar-refractivity contribution in [2.75, 3.05) is 13.1 Å². The highest BCUT2D eigenvalue weighted by molar-refractivity contribution is 5.68. The predicted molar refractivity (Wildman–Crippen MR) is 127 cm³/mol. The van der Waals surface area contributed by atoms with E-state index in [0.29, 0.717) is 13.1 Å². The first-order valence-electron chi connectivity index (χ1n) is 11.3. The Labute approximate surface area is 193 Å². The van der Waals surface area contributed by atoms with Gasteiger partial charge in [-0.2, -0.15) is 0 Å². The van der Waals surface area contributed by atoms with Gasteiger partial charge in [0.15, 0.2) is 0 Å². The lowest BCUT2D eigenvalue weighted by atomic mass is 9.91. The zero-order valence-electron chi connectivity index (χ0n) is 18.3. The van der Waals surface area contributed by atoms with Crippen LogP contribution < -0.4 is 10.8 Å². The number of piperidine rings is 1. The molecule has 1 amide bonds. The van der Waals surface area contributed by atoms with Crippen LogP contribution in [-0.4, -0.2) is 29.8 Å². The Morgan fingerprint density at radius 2 is 1.42 bits per heavy atom. The van der Waals surface area contributed by atoms with Gasteiger partial charge in [-0.3, -0.25) is 10.3 Å². The first-order chi connectivity index (χ1) is 16.2. The van der Waals surface area contributed by atoms with Crippen LogP contribution in [0.4, 0.5) is 4.79 Å². The molecule has 6 heteroatoms. The molecule has 2 aliphatic rings. The molecule has 1 spiro atoms. The topological polar surface area (TPSA) is 62.8 Å². The van der Waals surface area contributed by atoms with Crippen molar-refractivity contribution in [1.82, 2.24) is 15.9 Å². The van der Waals surface area contributed by atoms with E-state index >= 15 is 0 Å². The van der Waals surface area contributed by atoms with Crippen LogP contribution in [0.3, 0.4) is 0 Å². The summed E-state index contributed by atoms with van der Waals surface area (Å²) < 4.78 is 0. The van der Waals surface area contributed by atoms with Crippen molar-refractivity contribution in [1.29, 1.82) is 0 Å². The molecule has 0 unspecified atom stereocenters. The molecular formula is C27H27N3O3. The van der Waals surface area contributed by atoms with Crippen LogP contribution >= 0.6 is 0 Å². The second kappa shape index (κ2) is 9.48. The highest BCUT2D eigenvalue weighted by Gasteiger charge is 2.40. The number of carbonyl (C=O) groups excluding carboxylic acids is 1. The number of rotatable bonds is 5. The molecule has 5 rings (SSSR count). The van der Waals surface area contributed by atoms with Crippen LogP contribution in [-0.2, 0) is 9.68 Å². The quantitative estimate of drug-likeness (QED) is 0.594. The van der Waals surface area contributed by atoms with E-state index in [9.17, 15) is 4.79 Å². The van der Waals surface area contributed by atoms with Gasteiger partial charge in [-0.15, -0.1) is 5.06 Å².